The van der Waals surface area contributed by atoms with Crippen molar-refractivity contribution in [2.45, 2.75) is 19.3 Å². The molecule has 10 rings (SSSR count). The summed E-state index contributed by atoms with van der Waals surface area (Å²) in [6, 6.07) is 58.3. The summed E-state index contributed by atoms with van der Waals surface area (Å²) in [5, 5.41) is 6.77. The van der Waals surface area contributed by atoms with Crippen molar-refractivity contribution >= 4 is 32.3 Å². The second-order valence-corrected chi connectivity index (χ2v) is 14.0. The van der Waals surface area contributed by atoms with Gasteiger partial charge in [0.1, 0.15) is 0 Å². The van der Waals surface area contributed by atoms with Gasteiger partial charge in [0.05, 0.1) is 0 Å². The maximum absolute atomic E-state index is 5.41. The quantitative estimate of drug-likeness (QED) is 0.190. The van der Waals surface area contributed by atoms with E-state index in [1.54, 1.807) is 0 Å². The predicted molar refractivity (Wildman–Crippen MR) is 212 cm³/mol. The van der Waals surface area contributed by atoms with E-state index >= 15 is 0 Å². The first-order chi connectivity index (χ1) is 25.1. The number of aromatic nitrogens is 3. The Kier molecular flexibility index (Phi) is 6.53. The molecule has 3 nitrogen and oxygen atoms in total. The molecule has 51 heavy (non-hydrogen) atoms. The molecule has 0 fully saturated rings. The SMILES string of the molecule is CC1(C)c2ccccc2-c2cccc(-c3ccc4ccccc4c3-c3nc(-c4cccc5ccccc45)nc(-c4cccc5ccccc45)n3)c21. The molecule has 0 aliphatic heterocycles. The number of benzene rings is 8. The third-order valence-electron chi connectivity index (χ3n) is 10.7. The van der Waals surface area contributed by atoms with Crippen LogP contribution >= 0.6 is 0 Å². The van der Waals surface area contributed by atoms with Crippen LogP contribution in [0.15, 0.2) is 164 Å². The molecule has 3 heteroatoms. The van der Waals surface area contributed by atoms with E-state index in [1.807, 2.05) is 0 Å². The fourth-order valence-electron chi connectivity index (χ4n) is 8.38. The molecule has 1 aliphatic rings. The lowest BCUT2D eigenvalue weighted by Gasteiger charge is -2.25. The third kappa shape index (κ3) is 4.55. The van der Waals surface area contributed by atoms with Crippen LogP contribution in [0.1, 0.15) is 25.0 Å². The molecule has 0 unspecified atom stereocenters. The Morgan fingerprint density at radius 3 is 1.41 bits per heavy atom. The summed E-state index contributed by atoms with van der Waals surface area (Å²) >= 11 is 0. The van der Waals surface area contributed by atoms with Gasteiger partial charge in [0, 0.05) is 22.1 Å². The Morgan fingerprint density at radius 1 is 0.333 bits per heavy atom. The van der Waals surface area contributed by atoms with Gasteiger partial charge in [-0.1, -0.05) is 178 Å². The van der Waals surface area contributed by atoms with Crippen molar-refractivity contribution in [1.82, 2.24) is 15.0 Å². The zero-order valence-corrected chi connectivity index (χ0v) is 28.4. The second kappa shape index (κ2) is 11.3. The molecule has 1 heterocycles. The van der Waals surface area contributed by atoms with Gasteiger partial charge in [0.25, 0.3) is 0 Å². The van der Waals surface area contributed by atoms with Gasteiger partial charge in [-0.05, 0) is 65.7 Å². The van der Waals surface area contributed by atoms with Gasteiger partial charge in [0.2, 0.25) is 0 Å². The van der Waals surface area contributed by atoms with E-state index < -0.39 is 0 Å². The molecule has 1 aliphatic carbocycles. The first kappa shape index (κ1) is 29.5. The summed E-state index contributed by atoms with van der Waals surface area (Å²) < 4.78 is 0. The van der Waals surface area contributed by atoms with Gasteiger partial charge in [-0.3, -0.25) is 0 Å². The molecule has 0 amide bonds. The van der Waals surface area contributed by atoms with Crippen LogP contribution in [0.4, 0.5) is 0 Å². The summed E-state index contributed by atoms with van der Waals surface area (Å²) in [6.45, 7) is 4.70. The molecule has 0 saturated heterocycles. The van der Waals surface area contributed by atoms with Crippen LogP contribution in [-0.2, 0) is 5.41 Å². The number of hydrogen-bond donors (Lipinski definition) is 0. The molecule has 1 aromatic heterocycles. The van der Waals surface area contributed by atoms with Crippen molar-refractivity contribution in [3.63, 3.8) is 0 Å². The Bertz CT molecular complexity index is 2740. The topological polar surface area (TPSA) is 38.7 Å². The molecule has 0 atom stereocenters. The van der Waals surface area contributed by atoms with Gasteiger partial charge >= 0.3 is 0 Å². The van der Waals surface area contributed by atoms with Crippen LogP contribution in [0, 0.1) is 0 Å². The molecule has 0 N–H and O–H groups in total. The first-order valence-electron chi connectivity index (χ1n) is 17.5. The molecule has 0 saturated carbocycles. The van der Waals surface area contributed by atoms with Crippen molar-refractivity contribution in [3.05, 3.63) is 175 Å². The number of fused-ring (bicyclic) bond motifs is 6. The number of nitrogens with zero attached hydrogens (tertiary/aromatic N) is 3. The molecule has 240 valence electrons. The van der Waals surface area contributed by atoms with Crippen molar-refractivity contribution in [2.75, 3.05) is 0 Å². The van der Waals surface area contributed by atoms with E-state index in [9.17, 15) is 0 Å². The Labute approximate surface area is 297 Å². The zero-order chi connectivity index (χ0) is 34.1. The molecule has 0 radical (unpaired) electrons. The average molecular weight is 652 g/mol. The number of rotatable bonds is 4. The third-order valence-corrected chi connectivity index (χ3v) is 10.7. The fourth-order valence-corrected chi connectivity index (χ4v) is 8.38. The molecular formula is C48H33N3. The lowest BCUT2D eigenvalue weighted by atomic mass is 9.78. The Balaban J connectivity index is 1.31. The molecule has 8 aromatic carbocycles. The summed E-state index contributed by atoms with van der Waals surface area (Å²) in [4.78, 5) is 16.1. The van der Waals surface area contributed by atoms with Crippen molar-refractivity contribution < 1.29 is 0 Å². The van der Waals surface area contributed by atoms with Gasteiger partial charge < -0.3 is 0 Å². The smallest absolute Gasteiger partial charge is 0.165 e. The maximum Gasteiger partial charge on any atom is 0.165 e. The highest BCUT2D eigenvalue weighted by Crippen LogP contribution is 2.53. The lowest BCUT2D eigenvalue weighted by Crippen LogP contribution is -2.16. The standard InChI is InChI=1S/C48H33N3/c1-48(2)42-27-10-9-22-36(42)38-23-13-24-39(44(38)48)37-29-28-32-16-5-8-21-35(32)43(37)47-50-45(40-25-11-17-30-14-3-6-19-33(30)40)49-46(51-47)41-26-12-18-31-15-4-7-20-34(31)41/h3-29H,1-2H3. The monoisotopic (exact) mass is 651 g/mol. The fraction of sp³-hybridized carbons (Fsp3) is 0.0625. The molecular weight excluding hydrogens is 619 g/mol. The van der Waals surface area contributed by atoms with E-state index in [0.717, 1.165) is 54.6 Å². The summed E-state index contributed by atoms with van der Waals surface area (Å²) in [7, 11) is 0. The summed E-state index contributed by atoms with van der Waals surface area (Å²) in [5.41, 5.74) is 10.4. The van der Waals surface area contributed by atoms with Gasteiger partial charge in [0.15, 0.2) is 17.5 Å². The van der Waals surface area contributed by atoms with E-state index in [2.05, 4.69) is 178 Å². The highest BCUT2D eigenvalue weighted by atomic mass is 15.0. The largest absolute Gasteiger partial charge is 0.208 e. The maximum atomic E-state index is 5.41. The highest BCUT2D eigenvalue weighted by molar-refractivity contribution is 6.05. The molecule has 0 bridgehead atoms. The van der Waals surface area contributed by atoms with Crippen molar-refractivity contribution in [2.24, 2.45) is 0 Å². The van der Waals surface area contributed by atoms with Crippen LogP contribution in [0.5, 0.6) is 0 Å². The minimum absolute atomic E-state index is 0.188. The van der Waals surface area contributed by atoms with E-state index in [0.29, 0.717) is 17.5 Å². The average Bonchev–Trinajstić information content (AvgIpc) is 3.43. The second-order valence-electron chi connectivity index (χ2n) is 14.0. The van der Waals surface area contributed by atoms with Crippen LogP contribution in [0.25, 0.3) is 88.7 Å². The van der Waals surface area contributed by atoms with Crippen LogP contribution in [0.2, 0.25) is 0 Å². The lowest BCUT2D eigenvalue weighted by molar-refractivity contribution is 0.662. The summed E-state index contributed by atoms with van der Waals surface area (Å²) in [6.07, 6.45) is 0. The van der Waals surface area contributed by atoms with E-state index in [1.165, 1.54) is 27.8 Å². The highest BCUT2D eigenvalue weighted by Gasteiger charge is 2.38. The van der Waals surface area contributed by atoms with E-state index in [4.69, 9.17) is 15.0 Å². The Morgan fingerprint density at radius 2 is 0.765 bits per heavy atom. The zero-order valence-electron chi connectivity index (χ0n) is 28.4. The van der Waals surface area contributed by atoms with E-state index in [-0.39, 0.29) is 5.41 Å². The van der Waals surface area contributed by atoms with Gasteiger partial charge in [-0.25, -0.2) is 15.0 Å². The van der Waals surface area contributed by atoms with Crippen LogP contribution < -0.4 is 0 Å². The van der Waals surface area contributed by atoms with Gasteiger partial charge in [-0.15, -0.1) is 0 Å². The molecule has 0 spiro atoms. The van der Waals surface area contributed by atoms with Crippen molar-refractivity contribution in [1.29, 1.82) is 0 Å². The minimum Gasteiger partial charge on any atom is -0.208 e. The Hall–Kier alpha value is -6.45. The predicted octanol–water partition coefficient (Wildman–Crippen LogP) is 12.3. The minimum atomic E-state index is -0.188. The van der Waals surface area contributed by atoms with Crippen LogP contribution in [0.3, 0.4) is 0 Å². The number of hydrogen-bond acceptors (Lipinski definition) is 3. The normalized spacial score (nSPS) is 13.1. The molecule has 9 aromatic rings. The van der Waals surface area contributed by atoms with Gasteiger partial charge in [-0.2, -0.15) is 0 Å². The van der Waals surface area contributed by atoms with Crippen LogP contribution in [-0.4, -0.2) is 15.0 Å². The first-order valence-corrected chi connectivity index (χ1v) is 17.5. The summed E-state index contributed by atoms with van der Waals surface area (Å²) in [5.74, 6) is 1.97. The van der Waals surface area contributed by atoms with Crippen molar-refractivity contribution in [3.8, 4) is 56.4 Å².